The molecule has 13 heavy (non-hydrogen) atoms. The third kappa shape index (κ3) is 1.75. The Morgan fingerprint density at radius 2 is 2.15 bits per heavy atom. The van der Waals surface area contributed by atoms with Gasteiger partial charge in [0.2, 0.25) is 0 Å². The summed E-state index contributed by atoms with van der Waals surface area (Å²) in [6, 6.07) is 8.10. The Balaban J connectivity index is 2.62. The molecule has 0 amide bonds. The quantitative estimate of drug-likeness (QED) is 0.616. The van der Waals surface area contributed by atoms with Crippen LogP contribution in [0.3, 0.4) is 0 Å². The minimum atomic E-state index is 1.02. The Bertz CT molecular complexity index is 436. The van der Waals surface area contributed by atoms with Gasteiger partial charge in [-0.3, -0.25) is 0 Å². The van der Waals surface area contributed by atoms with Gasteiger partial charge in [0.25, 0.3) is 0 Å². The Kier molecular flexibility index (Phi) is 2.36. The fourth-order valence-corrected chi connectivity index (χ4v) is 1.54. The molecule has 1 aromatic rings. The van der Waals surface area contributed by atoms with Crippen molar-refractivity contribution in [2.24, 2.45) is 5.10 Å². The topological polar surface area (TPSA) is 15.6 Å². The molecule has 0 spiro atoms. The first-order valence-corrected chi connectivity index (χ1v) is 5.24. The maximum absolute atomic E-state index is 4.44. The standard InChI is InChI=1S/C10H10N2S/c1-13-12-8-4-6-9-5-2-3-7-10(9)11-12/h2-8H,1H3. The lowest BCUT2D eigenvalue weighted by Gasteiger charge is -2.06. The smallest absolute Gasteiger partial charge is 0.0918 e. The molecular weight excluding hydrogens is 180 g/mol. The molecule has 1 aliphatic rings. The summed E-state index contributed by atoms with van der Waals surface area (Å²) in [4.78, 5) is 0. The highest BCUT2D eigenvalue weighted by Crippen LogP contribution is 2.05. The van der Waals surface area contributed by atoms with Crippen LogP contribution in [-0.2, 0) is 0 Å². The van der Waals surface area contributed by atoms with Crippen molar-refractivity contribution >= 4 is 18.0 Å². The second-order valence-corrected chi connectivity index (χ2v) is 3.39. The number of hydrogen-bond donors (Lipinski definition) is 0. The first-order valence-electron chi connectivity index (χ1n) is 4.06. The molecular formula is C10H10N2S. The highest BCUT2D eigenvalue weighted by atomic mass is 32.2. The first kappa shape index (κ1) is 8.38. The molecule has 66 valence electrons. The molecule has 0 radical (unpaired) electrons. The van der Waals surface area contributed by atoms with E-state index in [1.54, 1.807) is 11.9 Å². The molecule has 0 saturated heterocycles. The Hall–Kier alpha value is -1.22. The van der Waals surface area contributed by atoms with Gasteiger partial charge in [0, 0.05) is 17.7 Å². The average molecular weight is 190 g/mol. The summed E-state index contributed by atoms with van der Waals surface area (Å²) < 4.78 is 1.85. The van der Waals surface area contributed by atoms with Gasteiger partial charge in [-0.1, -0.05) is 24.3 Å². The largest absolute Gasteiger partial charge is 0.214 e. The molecule has 0 unspecified atom stereocenters. The molecule has 0 N–H and O–H groups in total. The van der Waals surface area contributed by atoms with Crippen LogP contribution in [0.5, 0.6) is 0 Å². The predicted molar refractivity (Wildman–Crippen MR) is 56.2 cm³/mol. The minimum Gasteiger partial charge on any atom is -0.214 e. The van der Waals surface area contributed by atoms with Crippen LogP contribution in [0.2, 0.25) is 0 Å². The zero-order valence-electron chi connectivity index (χ0n) is 7.34. The van der Waals surface area contributed by atoms with E-state index in [1.165, 1.54) is 0 Å². The molecule has 0 fully saturated rings. The van der Waals surface area contributed by atoms with Gasteiger partial charge in [0.05, 0.1) is 5.36 Å². The number of hydrogen-bond acceptors (Lipinski definition) is 3. The second-order valence-electron chi connectivity index (χ2n) is 2.65. The van der Waals surface area contributed by atoms with Gasteiger partial charge >= 0.3 is 0 Å². The van der Waals surface area contributed by atoms with Crippen LogP contribution < -0.4 is 10.6 Å². The number of nitrogens with zero attached hydrogens (tertiary/aromatic N) is 2. The zero-order valence-corrected chi connectivity index (χ0v) is 8.16. The van der Waals surface area contributed by atoms with E-state index in [4.69, 9.17) is 0 Å². The van der Waals surface area contributed by atoms with Crippen LogP contribution in [0.15, 0.2) is 41.6 Å². The highest BCUT2D eigenvalue weighted by molar-refractivity contribution is 7.96. The van der Waals surface area contributed by atoms with Crippen molar-refractivity contribution in [3.05, 3.63) is 47.1 Å². The molecule has 0 bridgehead atoms. The van der Waals surface area contributed by atoms with Crippen molar-refractivity contribution in [1.29, 1.82) is 0 Å². The fourth-order valence-electron chi connectivity index (χ4n) is 1.18. The van der Waals surface area contributed by atoms with Crippen molar-refractivity contribution < 1.29 is 0 Å². The Labute approximate surface area is 81.4 Å². The summed E-state index contributed by atoms with van der Waals surface area (Å²) >= 11 is 1.58. The molecule has 0 aliphatic carbocycles. The molecule has 3 heteroatoms. The van der Waals surface area contributed by atoms with E-state index >= 15 is 0 Å². The second kappa shape index (κ2) is 3.66. The summed E-state index contributed by atoms with van der Waals surface area (Å²) in [7, 11) is 0. The third-order valence-corrected chi connectivity index (χ3v) is 2.40. The number of rotatable bonds is 1. The van der Waals surface area contributed by atoms with E-state index in [-0.39, 0.29) is 0 Å². The van der Waals surface area contributed by atoms with Gasteiger partial charge in [-0.25, -0.2) is 4.41 Å². The molecule has 2 rings (SSSR count). The lowest BCUT2D eigenvalue weighted by Crippen LogP contribution is -2.24. The maximum atomic E-state index is 4.44. The normalized spacial score (nSPS) is 14.1. The molecule has 0 aromatic heterocycles. The van der Waals surface area contributed by atoms with E-state index in [2.05, 4.69) is 17.2 Å². The minimum absolute atomic E-state index is 1.02. The van der Waals surface area contributed by atoms with Crippen LogP contribution in [0.1, 0.15) is 0 Å². The SMILES string of the molecule is CSN1C=CC=c2ccccc2=N1. The number of benzene rings is 1. The lowest BCUT2D eigenvalue weighted by molar-refractivity contribution is 0.652. The monoisotopic (exact) mass is 190 g/mol. The van der Waals surface area contributed by atoms with Gasteiger partial charge in [-0.2, -0.15) is 5.10 Å². The van der Waals surface area contributed by atoms with Crippen molar-refractivity contribution in [3.63, 3.8) is 0 Å². The van der Waals surface area contributed by atoms with E-state index in [0.717, 1.165) is 10.6 Å². The van der Waals surface area contributed by atoms with E-state index in [0.29, 0.717) is 0 Å². The molecule has 1 aromatic carbocycles. The molecule has 1 aliphatic heterocycles. The first-order chi connectivity index (χ1) is 6.40. The van der Waals surface area contributed by atoms with Crippen molar-refractivity contribution in [2.75, 3.05) is 6.26 Å². The van der Waals surface area contributed by atoms with Gasteiger partial charge in [0.1, 0.15) is 0 Å². The van der Waals surface area contributed by atoms with Gasteiger partial charge in [-0.05, 0) is 24.1 Å². The summed E-state index contributed by atoms with van der Waals surface area (Å²) in [5.74, 6) is 0. The molecule has 0 atom stereocenters. The third-order valence-electron chi connectivity index (χ3n) is 1.82. The zero-order chi connectivity index (χ0) is 9.10. The van der Waals surface area contributed by atoms with E-state index in [9.17, 15) is 0 Å². The summed E-state index contributed by atoms with van der Waals surface area (Å²) in [6.07, 6.45) is 8.02. The van der Waals surface area contributed by atoms with Crippen LogP contribution in [0.25, 0.3) is 6.08 Å². The van der Waals surface area contributed by atoms with Crippen LogP contribution in [0.4, 0.5) is 0 Å². The van der Waals surface area contributed by atoms with E-state index < -0.39 is 0 Å². The van der Waals surface area contributed by atoms with Crippen LogP contribution >= 0.6 is 11.9 Å². The number of allylic oxidation sites excluding steroid dienone is 1. The highest BCUT2D eigenvalue weighted by Gasteiger charge is 1.94. The number of fused-ring (bicyclic) bond motifs is 1. The predicted octanol–water partition coefficient (Wildman–Crippen LogP) is 1.11. The fraction of sp³-hybridized carbons (Fsp3) is 0.100. The summed E-state index contributed by atoms with van der Waals surface area (Å²) in [5, 5.41) is 6.61. The molecule has 2 nitrogen and oxygen atoms in total. The van der Waals surface area contributed by atoms with Gasteiger partial charge < -0.3 is 0 Å². The van der Waals surface area contributed by atoms with Crippen molar-refractivity contribution in [1.82, 2.24) is 4.41 Å². The summed E-state index contributed by atoms with van der Waals surface area (Å²) in [6.45, 7) is 0. The van der Waals surface area contributed by atoms with Crippen molar-refractivity contribution in [3.8, 4) is 0 Å². The Morgan fingerprint density at radius 1 is 1.31 bits per heavy atom. The molecule has 1 heterocycles. The van der Waals surface area contributed by atoms with Gasteiger partial charge in [0.15, 0.2) is 0 Å². The van der Waals surface area contributed by atoms with Crippen molar-refractivity contribution in [2.45, 2.75) is 0 Å². The van der Waals surface area contributed by atoms with E-state index in [1.807, 2.05) is 41.1 Å². The van der Waals surface area contributed by atoms with Crippen LogP contribution in [-0.4, -0.2) is 10.7 Å². The average Bonchev–Trinajstić information content (AvgIpc) is 2.38. The van der Waals surface area contributed by atoms with Crippen LogP contribution in [0, 0.1) is 0 Å². The molecule has 0 saturated carbocycles. The lowest BCUT2D eigenvalue weighted by atomic mass is 10.3. The Morgan fingerprint density at radius 3 is 3.00 bits per heavy atom. The maximum Gasteiger partial charge on any atom is 0.0918 e. The van der Waals surface area contributed by atoms with Gasteiger partial charge in [-0.15, -0.1) is 0 Å². The summed E-state index contributed by atoms with van der Waals surface area (Å²) in [5.41, 5.74) is 0.